The molecule has 6 heteroatoms. The molecule has 0 aliphatic carbocycles. The first-order valence-corrected chi connectivity index (χ1v) is 5.55. The lowest BCUT2D eigenvalue weighted by Gasteiger charge is -2.32. The van der Waals surface area contributed by atoms with Gasteiger partial charge in [0.25, 0.3) is 0 Å². The molecule has 1 aromatic heterocycles. The quantitative estimate of drug-likeness (QED) is 0.837. The number of rotatable bonds is 3. The van der Waals surface area contributed by atoms with Crippen molar-refractivity contribution in [2.45, 2.75) is 12.8 Å². The van der Waals surface area contributed by atoms with Gasteiger partial charge in [0, 0.05) is 19.2 Å². The van der Waals surface area contributed by atoms with E-state index in [0.29, 0.717) is 12.4 Å². The van der Waals surface area contributed by atoms with Crippen molar-refractivity contribution < 1.29 is 14.6 Å². The summed E-state index contributed by atoms with van der Waals surface area (Å²) in [4.78, 5) is 13.0. The van der Waals surface area contributed by atoms with Gasteiger partial charge in [-0.25, -0.2) is 0 Å². The lowest BCUT2D eigenvalue weighted by Crippen LogP contribution is -2.38. The molecule has 0 radical (unpaired) electrons. The molecule has 1 aromatic rings. The highest BCUT2D eigenvalue weighted by Gasteiger charge is 2.25. The summed E-state index contributed by atoms with van der Waals surface area (Å²) >= 11 is 0. The number of methoxy groups -OCH3 is 1. The Labute approximate surface area is 99.2 Å². The first-order chi connectivity index (χ1) is 8.20. The number of aliphatic carboxylic acids is 1. The molecule has 92 valence electrons. The first-order valence-electron chi connectivity index (χ1n) is 5.55. The molecule has 2 heterocycles. The van der Waals surface area contributed by atoms with Crippen LogP contribution in [0.25, 0.3) is 0 Å². The maximum atomic E-state index is 11.0. The Morgan fingerprint density at radius 2 is 2.47 bits per heavy atom. The number of aromatic nitrogens is 2. The number of piperidine rings is 1. The lowest BCUT2D eigenvalue weighted by molar-refractivity contribution is -0.141. The van der Waals surface area contributed by atoms with E-state index in [1.54, 1.807) is 12.3 Å². The van der Waals surface area contributed by atoms with Crippen molar-refractivity contribution in [2.75, 3.05) is 25.1 Å². The van der Waals surface area contributed by atoms with Gasteiger partial charge in [-0.1, -0.05) is 0 Å². The van der Waals surface area contributed by atoms with Gasteiger partial charge >= 0.3 is 5.97 Å². The van der Waals surface area contributed by atoms with Gasteiger partial charge in [0.1, 0.15) is 0 Å². The Morgan fingerprint density at radius 1 is 1.65 bits per heavy atom. The molecule has 1 fully saturated rings. The van der Waals surface area contributed by atoms with Crippen LogP contribution in [0.15, 0.2) is 12.3 Å². The van der Waals surface area contributed by atoms with Gasteiger partial charge in [-0.3, -0.25) is 4.79 Å². The summed E-state index contributed by atoms with van der Waals surface area (Å²) in [5, 5.41) is 16.7. The first kappa shape index (κ1) is 11.6. The van der Waals surface area contributed by atoms with Crippen molar-refractivity contribution in [2.24, 2.45) is 5.92 Å². The zero-order valence-corrected chi connectivity index (χ0v) is 9.67. The standard InChI is InChI=1S/C11H15N3O3/c1-17-10-5-9(6-12-13-10)14-4-2-3-8(7-14)11(15)16/h5-6,8H,2-4,7H2,1H3,(H,15,16). The van der Waals surface area contributed by atoms with Gasteiger partial charge < -0.3 is 14.7 Å². The summed E-state index contributed by atoms with van der Waals surface area (Å²) in [6.07, 6.45) is 3.25. The number of nitrogens with zero attached hydrogens (tertiary/aromatic N) is 3. The number of carboxylic acid groups (broad SMARTS) is 1. The molecule has 0 aromatic carbocycles. The molecule has 1 saturated heterocycles. The number of hydrogen-bond donors (Lipinski definition) is 1. The van der Waals surface area contributed by atoms with Crippen molar-refractivity contribution in [3.63, 3.8) is 0 Å². The summed E-state index contributed by atoms with van der Waals surface area (Å²) in [5.74, 6) is -0.591. The Hall–Kier alpha value is -1.85. The predicted octanol–water partition coefficient (Wildman–Crippen LogP) is 0.786. The highest BCUT2D eigenvalue weighted by atomic mass is 16.5. The van der Waals surface area contributed by atoms with E-state index in [1.807, 2.05) is 4.90 Å². The maximum Gasteiger partial charge on any atom is 0.308 e. The number of carbonyl (C=O) groups is 1. The predicted molar refractivity (Wildman–Crippen MR) is 61.2 cm³/mol. The third kappa shape index (κ3) is 2.64. The monoisotopic (exact) mass is 237 g/mol. The van der Waals surface area contributed by atoms with E-state index in [2.05, 4.69) is 10.2 Å². The fraction of sp³-hybridized carbons (Fsp3) is 0.545. The Morgan fingerprint density at radius 3 is 3.18 bits per heavy atom. The Balaban J connectivity index is 2.13. The number of carboxylic acids is 1. The molecule has 0 amide bonds. The minimum Gasteiger partial charge on any atom is -0.481 e. The van der Waals surface area contributed by atoms with E-state index in [9.17, 15) is 4.79 Å². The van der Waals surface area contributed by atoms with E-state index >= 15 is 0 Å². The van der Waals surface area contributed by atoms with Gasteiger partial charge in [0.2, 0.25) is 5.88 Å². The SMILES string of the molecule is COc1cc(N2CCCC(C(=O)O)C2)cnn1. The lowest BCUT2D eigenvalue weighted by atomic mass is 9.98. The molecule has 1 unspecified atom stereocenters. The van der Waals surface area contributed by atoms with E-state index in [1.165, 1.54) is 7.11 Å². The topological polar surface area (TPSA) is 75.5 Å². The zero-order valence-electron chi connectivity index (χ0n) is 9.67. The smallest absolute Gasteiger partial charge is 0.308 e. The summed E-state index contributed by atoms with van der Waals surface area (Å²) in [6, 6.07) is 1.78. The van der Waals surface area contributed by atoms with Crippen LogP contribution in [0.1, 0.15) is 12.8 Å². The average Bonchev–Trinajstić information content (AvgIpc) is 2.39. The number of hydrogen-bond acceptors (Lipinski definition) is 5. The van der Waals surface area contributed by atoms with Gasteiger partial charge in [-0.2, -0.15) is 5.10 Å². The van der Waals surface area contributed by atoms with Gasteiger partial charge in [-0.15, -0.1) is 5.10 Å². The van der Waals surface area contributed by atoms with Crippen molar-refractivity contribution in [3.05, 3.63) is 12.3 Å². The summed E-state index contributed by atoms with van der Waals surface area (Å²) in [6.45, 7) is 1.36. The van der Waals surface area contributed by atoms with Gasteiger partial charge in [0.05, 0.1) is 24.9 Å². The van der Waals surface area contributed by atoms with Crippen molar-refractivity contribution >= 4 is 11.7 Å². The molecule has 0 saturated carbocycles. The molecular weight excluding hydrogens is 222 g/mol. The van der Waals surface area contributed by atoms with Crippen molar-refractivity contribution in [1.82, 2.24) is 10.2 Å². The Kier molecular flexibility index (Phi) is 3.41. The van der Waals surface area contributed by atoms with E-state index in [4.69, 9.17) is 9.84 Å². The Bertz CT molecular complexity index is 411. The van der Waals surface area contributed by atoms with Crippen LogP contribution in [-0.4, -0.2) is 41.5 Å². The highest BCUT2D eigenvalue weighted by molar-refractivity contribution is 5.71. The third-order valence-corrected chi connectivity index (χ3v) is 2.96. The third-order valence-electron chi connectivity index (χ3n) is 2.96. The van der Waals surface area contributed by atoms with Crippen LogP contribution in [0.3, 0.4) is 0 Å². The van der Waals surface area contributed by atoms with E-state index in [0.717, 1.165) is 25.1 Å². The molecule has 1 atom stereocenters. The van der Waals surface area contributed by atoms with Crippen LogP contribution >= 0.6 is 0 Å². The zero-order chi connectivity index (χ0) is 12.3. The highest BCUT2D eigenvalue weighted by Crippen LogP contribution is 2.24. The molecule has 1 aliphatic heterocycles. The number of anilines is 1. The second-order valence-corrected chi connectivity index (χ2v) is 4.08. The molecule has 1 aliphatic rings. The maximum absolute atomic E-state index is 11.0. The summed E-state index contributed by atoms with van der Waals surface area (Å²) < 4.78 is 5.00. The van der Waals surface area contributed by atoms with Crippen molar-refractivity contribution in [1.29, 1.82) is 0 Å². The molecule has 0 spiro atoms. The minimum atomic E-state index is -0.733. The molecular formula is C11H15N3O3. The molecule has 1 N–H and O–H groups in total. The average molecular weight is 237 g/mol. The van der Waals surface area contributed by atoms with Crippen LogP contribution in [-0.2, 0) is 4.79 Å². The van der Waals surface area contributed by atoms with Gasteiger partial charge in [-0.05, 0) is 12.8 Å². The normalized spacial score (nSPS) is 20.1. The van der Waals surface area contributed by atoms with Crippen LogP contribution < -0.4 is 9.64 Å². The number of ether oxygens (including phenoxy) is 1. The second kappa shape index (κ2) is 4.99. The van der Waals surface area contributed by atoms with E-state index in [-0.39, 0.29) is 5.92 Å². The van der Waals surface area contributed by atoms with Crippen LogP contribution in [0.4, 0.5) is 5.69 Å². The van der Waals surface area contributed by atoms with Gasteiger partial charge in [0.15, 0.2) is 0 Å². The molecule has 2 rings (SSSR count). The molecule has 0 bridgehead atoms. The van der Waals surface area contributed by atoms with Crippen LogP contribution in [0.2, 0.25) is 0 Å². The van der Waals surface area contributed by atoms with Crippen molar-refractivity contribution in [3.8, 4) is 5.88 Å². The fourth-order valence-corrected chi connectivity index (χ4v) is 2.02. The largest absolute Gasteiger partial charge is 0.481 e. The molecule has 17 heavy (non-hydrogen) atoms. The fourth-order valence-electron chi connectivity index (χ4n) is 2.02. The second-order valence-electron chi connectivity index (χ2n) is 4.08. The summed E-state index contributed by atoms with van der Waals surface area (Å²) in [7, 11) is 1.53. The molecule has 6 nitrogen and oxygen atoms in total. The van der Waals surface area contributed by atoms with E-state index < -0.39 is 5.97 Å². The minimum absolute atomic E-state index is 0.303. The van der Waals surface area contributed by atoms with Crippen LogP contribution in [0.5, 0.6) is 5.88 Å². The van der Waals surface area contributed by atoms with Crippen LogP contribution in [0, 0.1) is 5.92 Å². The summed E-state index contributed by atoms with van der Waals surface area (Å²) in [5.41, 5.74) is 0.864.